The summed E-state index contributed by atoms with van der Waals surface area (Å²) in [6.07, 6.45) is 2.42. The van der Waals surface area contributed by atoms with Gasteiger partial charge >= 0.3 is 11.9 Å². The molecule has 314 valence electrons. The number of carboxylic acid groups (broad SMARTS) is 1. The van der Waals surface area contributed by atoms with E-state index in [4.69, 9.17) is 42.6 Å². The number of ether oxygens (including phenoxy) is 9. The van der Waals surface area contributed by atoms with Gasteiger partial charge in [-0.15, -0.1) is 0 Å². The highest BCUT2D eigenvalue weighted by Crippen LogP contribution is 2.40. The van der Waals surface area contributed by atoms with E-state index in [1.54, 1.807) is 0 Å². The van der Waals surface area contributed by atoms with Gasteiger partial charge in [0.05, 0.1) is 33.5 Å². The SMILES string of the molecule is CC(CCC(=O)O)(c1ccc(OCC2CO2)cc1)c1ccc(OCC2CO2)cc1.COC(=O)CCC(C)(c1ccc(OCC2CO2)cc1)c1ccc(OCC2CO2)cc1. The van der Waals surface area contributed by atoms with E-state index in [1.165, 1.54) is 7.11 Å². The van der Waals surface area contributed by atoms with Crippen LogP contribution in [0.3, 0.4) is 0 Å². The molecule has 4 heterocycles. The van der Waals surface area contributed by atoms with E-state index in [2.05, 4.69) is 38.1 Å². The topological polar surface area (TPSA) is 151 Å². The van der Waals surface area contributed by atoms with E-state index in [0.29, 0.717) is 45.7 Å². The highest BCUT2D eigenvalue weighted by atomic mass is 16.6. The molecule has 12 heteroatoms. The number of esters is 1. The van der Waals surface area contributed by atoms with Crippen LogP contribution in [0.5, 0.6) is 23.0 Å². The molecule has 0 radical (unpaired) electrons. The number of epoxide rings is 4. The van der Waals surface area contributed by atoms with E-state index in [1.807, 2.05) is 72.8 Å². The Morgan fingerprint density at radius 2 is 0.763 bits per heavy atom. The summed E-state index contributed by atoms with van der Waals surface area (Å²) < 4.78 is 48.5. The first-order valence-electron chi connectivity index (χ1n) is 20.3. The Bertz CT molecular complexity index is 1830. The van der Waals surface area contributed by atoms with Crippen molar-refractivity contribution in [2.75, 3.05) is 60.0 Å². The fraction of sp³-hybridized carbons (Fsp3) is 0.447. The maximum Gasteiger partial charge on any atom is 0.305 e. The van der Waals surface area contributed by atoms with Gasteiger partial charge < -0.3 is 47.7 Å². The summed E-state index contributed by atoms with van der Waals surface area (Å²) in [5, 5.41) is 9.25. The van der Waals surface area contributed by atoms with Gasteiger partial charge in [-0.2, -0.15) is 0 Å². The van der Waals surface area contributed by atoms with Crippen LogP contribution in [0.15, 0.2) is 97.1 Å². The number of rotatable bonds is 22. The summed E-state index contributed by atoms with van der Waals surface area (Å²) in [5.74, 6) is 2.19. The van der Waals surface area contributed by atoms with Crippen LogP contribution in [0.2, 0.25) is 0 Å². The lowest BCUT2D eigenvalue weighted by molar-refractivity contribution is -0.141. The molecule has 4 aromatic carbocycles. The lowest BCUT2D eigenvalue weighted by atomic mass is 9.73. The van der Waals surface area contributed by atoms with Crippen LogP contribution in [-0.2, 0) is 44.1 Å². The van der Waals surface area contributed by atoms with Crippen LogP contribution in [0.4, 0.5) is 0 Å². The van der Waals surface area contributed by atoms with Crippen LogP contribution in [-0.4, -0.2) is 101 Å². The molecule has 0 saturated carbocycles. The minimum atomic E-state index is -0.801. The monoisotopic (exact) mass is 810 g/mol. The van der Waals surface area contributed by atoms with Gasteiger partial charge in [-0.3, -0.25) is 9.59 Å². The number of carbonyl (C=O) groups is 2. The molecule has 4 atom stereocenters. The van der Waals surface area contributed by atoms with Crippen molar-refractivity contribution in [1.82, 2.24) is 0 Å². The Kier molecular flexibility index (Phi) is 13.7. The second-order valence-corrected chi connectivity index (χ2v) is 15.8. The minimum Gasteiger partial charge on any atom is -0.491 e. The molecule has 12 nitrogen and oxygen atoms in total. The van der Waals surface area contributed by atoms with Gasteiger partial charge in [-0.05, 0) is 83.6 Å². The van der Waals surface area contributed by atoms with Crippen LogP contribution in [0, 0.1) is 0 Å². The summed E-state index contributed by atoms with van der Waals surface area (Å²) in [7, 11) is 1.42. The standard InChI is InChI=1S/C24H28O6.C23H26O6/c1-24(12-11-23(25)26-2,17-3-7-19(8-4-17)27-13-21-15-29-21)18-5-9-20(10-6-18)28-14-22-16-30-22;1-23(11-10-22(24)25,16-2-6-18(7-3-16)26-12-20-14-28-20)17-4-8-19(9-5-17)27-13-21-15-29-21/h3-10,21-22H,11-16H2,1-2H3;2-9,20-21H,10-15H2,1H3,(H,24,25). The van der Waals surface area contributed by atoms with Crippen molar-refractivity contribution in [2.45, 2.75) is 74.8 Å². The molecule has 8 rings (SSSR count). The second kappa shape index (κ2) is 19.3. The molecular weight excluding hydrogens is 757 g/mol. The third-order valence-electron chi connectivity index (χ3n) is 11.2. The Labute approximate surface area is 345 Å². The molecule has 4 unspecified atom stereocenters. The molecule has 0 aliphatic carbocycles. The fourth-order valence-electron chi connectivity index (χ4n) is 6.81. The van der Waals surface area contributed by atoms with E-state index < -0.39 is 11.4 Å². The molecule has 0 aromatic heterocycles. The smallest absolute Gasteiger partial charge is 0.305 e. The lowest BCUT2D eigenvalue weighted by Crippen LogP contribution is -2.25. The van der Waals surface area contributed by atoms with E-state index in [-0.39, 0.29) is 42.2 Å². The molecule has 4 saturated heterocycles. The molecule has 1 N–H and O–H groups in total. The summed E-state index contributed by atoms with van der Waals surface area (Å²) >= 11 is 0. The zero-order valence-corrected chi connectivity index (χ0v) is 34.0. The molecule has 59 heavy (non-hydrogen) atoms. The third-order valence-corrected chi connectivity index (χ3v) is 11.2. The molecule has 0 amide bonds. The Morgan fingerprint density at radius 3 is 0.983 bits per heavy atom. The quantitative estimate of drug-likeness (QED) is 0.0649. The molecule has 0 spiro atoms. The third kappa shape index (κ3) is 12.4. The van der Waals surface area contributed by atoms with E-state index >= 15 is 0 Å². The maximum absolute atomic E-state index is 11.9. The van der Waals surface area contributed by atoms with Gasteiger partial charge in [0.2, 0.25) is 0 Å². The van der Waals surface area contributed by atoms with Crippen molar-refractivity contribution in [2.24, 2.45) is 0 Å². The van der Waals surface area contributed by atoms with Crippen LogP contribution in [0.25, 0.3) is 0 Å². The normalized spacial score (nSPS) is 21.6. The summed E-state index contributed by atoms with van der Waals surface area (Å²) in [6.45, 7) is 9.58. The average Bonchev–Trinajstić information content (AvgIpc) is 4.06. The van der Waals surface area contributed by atoms with Gasteiger partial charge in [0.1, 0.15) is 73.8 Å². The van der Waals surface area contributed by atoms with Gasteiger partial charge in [0, 0.05) is 23.7 Å². The molecule has 4 aliphatic rings. The van der Waals surface area contributed by atoms with E-state index in [9.17, 15) is 14.7 Å². The summed E-state index contributed by atoms with van der Waals surface area (Å²) in [5.41, 5.74) is 3.53. The van der Waals surface area contributed by atoms with Crippen molar-refractivity contribution in [3.63, 3.8) is 0 Å². The highest BCUT2D eigenvalue weighted by Gasteiger charge is 2.32. The number of benzene rings is 4. The van der Waals surface area contributed by atoms with Gasteiger partial charge in [-0.1, -0.05) is 62.4 Å². The predicted octanol–water partition coefficient (Wildman–Crippen LogP) is 6.91. The number of carboxylic acids is 1. The number of carbonyl (C=O) groups excluding carboxylic acids is 1. The van der Waals surface area contributed by atoms with Crippen molar-refractivity contribution in [3.05, 3.63) is 119 Å². The van der Waals surface area contributed by atoms with Gasteiger partial charge in [0.25, 0.3) is 0 Å². The van der Waals surface area contributed by atoms with Gasteiger partial charge in [-0.25, -0.2) is 0 Å². The molecule has 4 aliphatic heterocycles. The first-order valence-corrected chi connectivity index (χ1v) is 20.3. The van der Waals surface area contributed by atoms with E-state index in [0.717, 1.165) is 71.7 Å². The maximum atomic E-state index is 11.9. The van der Waals surface area contributed by atoms with Crippen molar-refractivity contribution in [3.8, 4) is 23.0 Å². The minimum absolute atomic E-state index is 0.0883. The molecular formula is C47H54O12. The number of aliphatic carboxylic acids is 1. The van der Waals surface area contributed by atoms with Crippen LogP contribution in [0.1, 0.15) is 61.8 Å². The first kappa shape index (κ1) is 42.0. The fourth-order valence-corrected chi connectivity index (χ4v) is 6.81. The first-order chi connectivity index (χ1) is 28.6. The summed E-state index contributed by atoms with van der Waals surface area (Å²) in [4.78, 5) is 23.1. The second-order valence-electron chi connectivity index (χ2n) is 15.8. The lowest BCUT2D eigenvalue weighted by Gasteiger charge is -2.31. The largest absolute Gasteiger partial charge is 0.491 e. The zero-order valence-electron chi connectivity index (χ0n) is 34.0. The summed E-state index contributed by atoms with van der Waals surface area (Å²) in [6, 6.07) is 31.9. The van der Waals surface area contributed by atoms with Gasteiger partial charge in [0.15, 0.2) is 0 Å². The molecule has 4 aromatic rings. The predicted molar refractivity (Wildman–Crippen MR) is 218 cm³/mol. The molecule has 4 fully saturated rings. The Hall–Kier alpha value is -5.14. The highest BCUT2D eigenvalue weighted by molar-refractivity contribution is 5.69. The van der Waals surface area contributed by atoms with Crippen molar-refractivity contribution in [1.29, 1.82) is 0 Å². The van der Waals surface area contributed by atoms with Crippen LogP contribution < -0.4 is 18.9 Å². The number of methoxy groups -OCH3 is 1. The number of hydrogen-bond acceptors (Lipinski definition) is 11. The average molecular weight is 811 g/mol. The Morgan fingerprint density at radius 1 is 0.508 bits per heavy atom. The Balaban J connectivity index is 0.000000179. The molecule has 0 bridgehead atoms. The zero-order chi connectivity index (χ0) is 41.2. The van der Waals surface area contributed by atoms with Crippen LogP contribution >= 0.6 is 0 Å². The van der Waals surface area contributed by atoms with Crippen molar-refractivity contribution >= 4 is 11.9 Å². The van der Waals surface area contributed by atoms with Crippen molar-refractivity contribution < 1.29 is 57.3 Å². The number of hydrogen-bond donors (Lipinski definition) is 1.